The van der Waals surface area contributed by atoms with E-state index >= 15 is 0 Å². The smallest absolute Gasteiger partial charge is 0.303 e. The second kappa shape index (κ2) is 11.7. The Bertz CT molecular complexity index is 859. The Labute approximate surface area is 209 Å². The van der Waals surface area contributed by atoms with Crippen LogP contribution in [0.4, 0.5) is 70.2 Å². The summed E-state index contributed by atoms with van der Waals surface area (Å²) >= 11 is 0. The van der Waals surface area contributed by atoms with Gasteiger partial charge in [-0.3, -0.25) is 4.90 Å². The molecule has 2 unspecified atom stereocenters. The number of halogens is 16. The van der Waals surface area contributed by atoms with Crippen LogP contribution < -0.4 is 0 Å². The van der Waals surface area contributed by atoms with Gasteiger partial charge in [0.2, 0.25) is 0 Å². The number of nitrogens with zero attached hydrogens (tertiary/aromatic N) is 1. The van der Waals surface area contributed by atoms with E-state index in [1.807, 2.05) is 0 Å². The average Bonchev–Trinajstić information content (AvgIpc) is 2.68. The minimum Gasteiger partial charge on any atom is -0.303 e. The van der Waals surface area contributed by atoms with Crippen molar-refractivity contribution in [3.8, 4) is 0 Å². The third-order valence-corrected chi connectivity index (χ3v) is 5.84. The van der Waals surface area contributed by atoms with E-state index in [2.05, 4.69) is 0 Å². The molecule has 0 aromatic heterocycles. The molecule has 0 spiro atoms. The van der Waals surface area contributed by atoms with Gasteiger partial charge in [-0.2, -0.15) is 52.7 Å². The van der Waals surface area contributed by atoms with E-state index in [0.717, 1.165) is 6.92 Å². The number of alkyl halides is 16. The quantitative estimate of drug-likeness (QED) is 0.190. The summed E-state index contributed by atoms with van der Waals surface area (Å²) in [4.78, 5) is 21.5. The first-order valence-electron chi connectivity index (χ1n) is 10.2. The van der Waals surface area contributed by atoms with Gasteiger partial charge in [0.15, 0.2) is 0 Å². The molecule has 0 aromatic rings. The van der Waals surface area contributed by atoms with Crippen LogP contribution in [0, 0.1) is 0 Å². The molecular weight excluding hydrogens is 617 g/mol. The lowest BCUT2D eigenvalue weighted by molar-refractivity contribution is -0.351. The highest BCUT2D eigenvalue weighted by Gasteiger charge is 2.78. The summed E-state index contributed by atoms with van der Waals surface area (Å²) in [5, 5.41) is 0. The Morgan fingerprint density at radius 3 is 1.46 bits per heavy atom. The first-order chi connectivity index (χ1) is 16.8. The number of hydrogen-bond donors (Lipinski definition) is 3. The molecule has 39 heavy (non-hydrogen) atoms. The standard InChI is InChI=1S/C17H19F16N.H3O4P/c1-8-4-3-5-11(2,6-12(22,23)16(30,31)14(26,27)9(18)19)34(8)7-13(24,25)17(32,33)15(28,29)10(20)21;1-5(2,3)4/h8-10H,3-7H2,1-2H3;(H3,1,2,3,4). The SMILES string of the molecule is CC1CCCC(C)(CC(F)(F)C(F)(F)C(F)(F)C(F)F)N1CC(F)(F)C(F)(F)C(F)(F)C(F)F.O=P(O)(O)O. The molecule has 1 aliphatic heterocycles. The Balaban J connectivity index is 0.00000263. The largest absolute Gasteiger partial charge is 0.466 e. The fourth-order valence-corrected chi connectivity index (χ4v) is 3.81. The van der Waals surface area contributed by atoms with E-state index in [-0.39, 0.29) is 17.7 Å². The average molecular weight is 639 g/mol. The summed E-state index contributed by atoms with van der Waals surface area (Å²) in [5.41, 5.74) is -2.82. The molecule has 3 N–H and O–H groups in total. The van der Waals surface area contributed by atoms with Gasteiger partial charge >= 0.3 is 56.2 Å². The van der Waals surface area contributed by atoms with Crippen molar-refractivity contribution in [3.05, 3.63) is 0 Å². The van der Waals surface area contributed by atoms with Crippen molar-refractivity contribution >= 4 is 7.82 Å². The van der Waals surface area contributed by atoms with Crippen LogP contribution >= 0.6 is 7.82 Å². The predicted octanol–water partition coefficient (Wildman–Crippen LogP) is 6.42. The second-order valence-electron chi connectivity index (χ2n) is 8.96. The number of phosphoric acid groups is 1. The van der Waals surface area contributed by atoms with Gasteiger partial charge in [0.1, 0.15) is 0 Å². The molecule has 0 aromatic carbocycles. The van der Waals surface area contributed by atoms with Crippen LogP contribution in [-0.4, -0.2) is 86.1 Å². The molecule has 0 aliphatic carbocycles. The van der Waals surface area contributed by atoms with Crippen LogP contribution in [0.25, 0.3) is 0 Å². The zero-order chi connectivity index (χ0) is 31.8. The summed E-state index contributed by atoms with van der Waals surface area (Å²) < 4.78 is 222. The van der Waals surface area contributed by atoms with Crippen LogP contribution in [0.5, 0.6) is 0 Å². The van der Waals surface area contributed by atoms with Crippen molar-refractivity contribution < 1.29 is 89.5 Å². The van der Waals surface area contributed by atoms with Gasteiger partial charge in [-0.1, -0.05) is 6.42 Å². The molecule has 0 amide bonds. The third-order valence-electron chi connectivity index (χ3n) is 5.84. The fraction of sp³-hybridized carbons (Fsp3) is 1.00. The molecule has 0 saturated carbocycles. The Morgan fingerprint density at radius 2 is 1.13 bits per heavy atom. The highest BCUT2D eigenvalue weighted by Crippen LogP contribution is 2.54. The molecule has 22 heteroatoms. The summed E-state index contributed by atoms with van der Waals surface area (Å²) in [5.74, 6) is -38.7. The molecule has 2 atom stereocenters. The van der Waals surface area contributed by atoms with Crippen molar-refractivity contribution in [2.75, 3.05) is 6.54 Å². The molecule has 1 heterocycles. The summed E-state index contributed by atoms with van der Waals surface area (Å²) in [6.07, 6.45) is -14.5. The Hall–Kier alpha value is -1.05. The van der Waals surface area contributed by atoms with Crippen molar-refractivity contribution in [2.24, 2.45) is 0 Å². The van der Waals surface area contributed by atoms with E-state index in [9.17, 15) is 70.2 Å². The zero-order valence-electron chi connectivity index (χ0n) is 19.5. The summed E-state index contributed by atoms with van der Waals surface area (Å²) in [6.45, 7) is -1.29. The maximum absolute atomic E-state index is 14.2. The van der Waals surface area contributed by atoms with Crippen LogP contribution in [0.1, 0.15) is 39.5 Å². The molecule has 1 fully saturated rings. The van der Waals surface area contributed by atoms with Crippen LogP contribution in [0.2, 0.25) is 0 Å². The van der Waals surface area contributed by atoms with Crippen molar-refractivity contribution in [2.45, 2.75) is 99.5 Å². The van der Waals surface area contributed by atoms with E-state index in [1.54, 1.807) is 0 Å². The van der Waals surface area contributed by atoms with E-state index in [1.165, 1.54) is 0 Å². The molecule has 1 rings (SSSR count). The normalized spacial score (nSPS) is 23.2. The topological polar surface area (TPSA) is 81.0 Å². The van der Waals surface area contributed by atoms with Crippen molar-refractivity contribution in [1.29, 1.82) is 0 Å². The highest BCUT2D eigenvalue weighted by atomic mass is 31.2. The van der Waals surface area contributed by atoms with Crippen LogP contribution in [0.15, 0.2) is 0 Å². The van der Waals surface area contributed by atoms with E-state index in [4.69, 9.17) is 19.2 Å². The van der Waals surface area contributed by atoms with Gasteiger partial charge in [-0.05, 0) is 26.7 Å². The predicted molar refractivity (Wildman–Crippen MR) is 99.0 cm³/mol. The van der Waals surface area contributed by atoms with Crippen LogP contribution in [-0.2, 0) is 4.57 Å². The number of piperidine rings is 1. The van der Waals surface area contributed by atoms with Gasteiger partial charge in [-0.25, -0.2) is 22.1 Å². The van der Waals surface area contributed by atoms with Gasteiger partial charge in [0.25, 0.3) is 0 Å². The number of likely N-dealkylation sites (tertiary alicyclic amines) is 1. The maximum atomic E-state index is 14.2. The molecule has 0 bridgehead atoms. The highest BCUT2D eigenvalue weighted by molar-refractivity contribution is 7.45. The minimum absolute atomic E-state index is 0.0868. The molecular formula is C17H22F16NO4P. The van der Waals surface area contributed by atoms with Gasteiger partial charge in [0, 0.05) is 18.0 Å². The van der Waals surface area contributed by atoms with Gasteiger partial charge in [0.05, 0.1) is 6.54 Å². The zero-order valence-corrected chi connectivity index (χ0v) is 20.4. The van der Waals surface area contributed by atoms with Crippen LogP contribution in [0.3, 0.4) is 0 Å². The first-order valence-corrected chi connectivity index (χ1v) is 11.8. The van der Waals surface area contributed by atoms with E-state index in [0.29, 0.717) is 6.92 Å². The lowest BCUT2D eigenvalue weighted by Crippen LogP contribution is -2.67. The summed E-state index contributed by atoms with van der Waals surface area (Å²) in [7, 11) is -4.64. The summed E-state index contributed by atoms with van der Waals surface area (Å²) in [6, 6.07) is -1.51. The number of rotatable bonds is 10. The van der Waals surface area contributed by atoms with E-state index < -0.39 is 87.2 Å². The first kappa shape index (κ1) is 38.0. The monoisotopic (exact) mass is 639 g/mol. The maximum Gasteiger partial charge on any atom is 0.466 e. The number of hydrogen-bond acceptors (Lipinski definition) is 2. The minimum atomic E-state index is -6.75. The molecule has 0 radical (unpaired) electrons. The lowest BCUT2D eigenvalue weighted by Gasteiger charge is -2.52. The molecule has 5 nitrogen and oxygen atoms in total. The van der Waals surface area contributed by atoms with Gasteiger partial charge in [-0.15, -0.1) is 0 Å². The Kier molecular flexibility index (Phi) is 11.4. The van der Waals surface area contributed by atoms with Gasteiger partial charge < -0.3 is 14.7 Å². The van der Waals surface area contributed by atoms with Crippen molar-refractivity contribution in [1.82, 2.24) is 4.90 Å². The molecule has 236 valence electrons. The lowest BCUT2D eigenvalue weighted by atomic mass is 9.78. The van der Waals surface area contributed by atoms with Crippen molar-refractivity contribution in [3.63, 3.8) is 0 Å². The third kappa shape index (κ3) is 8.03. The fourth-order valence-electron chi connectivity index (χ4n) is 3.81. The second-order valence-corrected chi connectivity index (χ2v) is 9.99. The molecule has 1 saturated heterocycles. The molecule has 1 aliphatic rings. The Morgan fingerprint density at radius 1 is 0.795 bits per heavy atom.